The van der Waals surface area contributed by atoms with E-state index in [4.69, 9.17) is 5.73 Å². The van der Waals surface area contributed by atoms with Gasteiger partial charge < -0.3 is 26.5 Å². The summed E-state index contributed by atoms with van der Waals surface area (Å²) in [6.07, 6.45) is 2.58. The Hall–Kier alpha value is -1.12. The molecule has 0 aromatic carbocycles. The third kappa shape index (κ3) is 6.49. The highest BCUT2D eigenvalue weighted by atomic mass is 16.4. The first kappa shape index (κ1) is 19.9. The van der Waals surface area contributed by atoms with Crippen molar-refractivity contribution in [2.45, 2.75) is 64.4 Å². The summed E-state index contributed by atoms with van der Waals surface area (Å²) in [5.74, 6) is -1.00. The molecule has 1 heterocycles. The van der Waals surface area contributed by atoms with Gasteiger partial charge in [-0.25, -0.2) is 0 Å². The normalized spacial score (nSPS) is 25.4. The Morgan fingerprint density at radius 2 is 2.09 bits per heavy atom. The van der Waals surface area contributed by atoms with E-state index in [9.17, 15) is 19.7 Å². The molecule has 1 aliphatic rings. The van der Waals surface area contributed by atoms with E-state index < -0.39 is 25.0 Å². The van der Waals surface area contributed by atoms with E-state index in [1.54, 1.807) is 6.82 Å². The molecule has 0 radical (unpaired) electrons. The van der Waals surface area contributed by atoms with Gasteiger partial charge in [-0.05, 0) is 25.1 Å². The van der Waals surface area contributed by atoms with Crippen molar-refractivity contribution in [2.24, 2.45) is 17.6 Å². The van der Waals surface area contributed by atoms with Crippen molar-refractivity contribution in [3.63, 3.8) is 0 Å². The van der Waals surface area contributed by atoms with Crippen LogP contribution >= 0.6 is 0 Å². The van der Waals surface area contributed by atoms with Crippen LogP contribution in [-0.2, 0) is 9.59 Å². The maximum atomic E-state index is 12.2. The Balaban J connectivity index is 2.63. The highest BCUT2D eigenvalue weighted by molar-refractivity contribution is 6.48. The molecule has 0 aromatic heterocycles. The second-order valence-corrected chi connectivity index (χ2v) is 7.02. The number of aliphatic carboxylic acids is 1. The summed E-state index contributed by atoms with van der Waals surface area (Å²) in [5, 5.41) is 24.5. The summed E-state index contributed by atoms with van der Waals surface area (Å²) in [4.78, 5) is 23.6. The quantitative estimate of drug-likeness (QED) is 0.377. The van der Waals surface area contributed by atoms with E-state index in [-0.39, 0.29) is 17.9 Å². The van der Waals surface area contributed by atoms with Crippen molar-refractivity contribution >= 4 is 18.8 Å². The van der Waals surface area contributed by atoms with Gasteiger partial charge in [-0.15, -0.1) is 0 Å². The first-order valence-corrected chi connectivity index (χ1v) is 8.42. The van der Waals surface area contributed by atoms with Crippen LogP contribution in [0.4, 0.5) is 0 Å². The number of rotatable bonds is 9. The molecule has 0 spiro atoms. The lowest BCUT2D eigenvalue weighted by Crippen LogP contribution is -2.49. The van der Waals surface area contributed by atoms with Gasteiger partial charge in [-0.3, -0.25) is 9.59 Å². The number of carbonyl (C=O) groups excluding carboxylic acids is 1. The summed E-state index contributed by atoms with van der Waals surface area (Å²) in [6.45, 7) is 5.75. The molecule has 1 rings (SSSR count). The minimum Gasteiger partial charge on any atom is -0.480 e. The van der Waals surface area contributed by atoms with Crippen molar-refractivity contribution < 1.29 is 19.7 Å². The smallest absolute Gasteiger partial charge is 0.321 e. The van der Waals surface area contributed by atoms with Crippen LogP contribution in [0.15, 0.2) is 0 Å². The first-order valence-electron chi connectivity index (χ1n) is 8.42. The molecular weight excluding hydrogens is 297 g/mol. The van der Waals surface area contributed by atoms with E-state index in [2.05, 4.69) is 10.6 Å². The molecular formula is C15H30BN3O4. The second-order valence-electron chi connectivity index (χ2n) is 7.02. The Bertz CT molecular complexity index is 406. The van der Waals surface area contributed by atoms with E-state index in [0.29, 0.717) is 31.6 Å². The van der Waals surface area contributed by atoms with E-state index >= 15 is 0 Å². The van der Waals surface area contributed by atoms with Gasteiger partial charge in [0.1, 0.15) is 6.04 Å². The Morgan fingerprint density at radius 3 is 2.61 bits per heavy atom. The Kier molecular flexibility index (Phi) is 8.01. The fourth-order valence-corrected chi connectivity index (χ4v) is 3.14. The SMILES string of the molecule is CB(O)CCCC1C(NC(=O)C(N)CC(C)C)CNC1C(=O)O. The van der Waals surface area contributed by atoms with E-state index in [1.165, 1.54) is 0 Å². The van der Waals surface area contributed by atoms with Gasteiger partial charge in [0.15, 0.2) is 0 Å². The zero-order chi connectivity index (χ0) is 17.6. The zero-order valence-corrected chi connectivity index (χ0v) is 14.3. The van der Waals surface area contributed by atoms with E-state index in [1.807, 2.05) is 13.8 Å². The predicted octanol–water partition coefficient (Wildman–Crippen LogP) is -0.0890. The van der Waals surface area contributed by atoms with Crippen LogP contribution in [0.5, 0.6) is 0 Å². The number of hydrogen-bond acceptors (Lipinski definition) is 5. The number of nitrogens with two attached hydrogens (primary N) is 1. The summed E-state index contributed by atoms with van der Waals surface area (Å²) < 4.78 is 0. The topological polar surface area (TPSA) is 125 Å². The van der Waals surface area contributed by atoms with Gasteiger partial charge in [0.05, 0.1) is 6.04 Å². The number of hydrogen-bond donors (Lipinski definition) is 5. The van der Waals surface area contributed by atoms with Gasteiger partial charge in [0.25, 0.3) is 6.92 Å². The zero-order valence-electron chi connectivity index (χ0n) is 14.3. The molecule has 8 heteroatoms. The second kappa shape index (κ2) is 9.25. The molecule has 1 fully saturated rings. The lowest BCUT2D eigenvalue weighted by atomic mass is 9.66. The number of carboxylic acid groups (broad SMARTS) is 1. The molecule has 1 aliphatic heterocycles. The molecule has 23 heavy (non-hydrogen) atoms. The molecule has 6 N–H and O–H groups in total. The molecule has 0 aliphatic carbocycles. The van der Waals surface area contributed by atoms with Crippen molar-refractivity contribution in [2.75, 3.05) is 6.54 Å². The number of carboxylic acids is 1. The summed E-state index contributed by atoms with van der Waals surface area (Å²) in [6, 6.07) is -1.48. The Morgan fingerprint density at radius 1 is 1.43 bits per heavy atom. The van der Waals surface area contributed by atoms with Gasteiger partial charge >= 0.3 is 5.97 Å². The van der Waals surface area contributed by atoms with E-state index in [0.717, 1.165) is 6.42 Å². The summed E-state index contributed by atoms with van der Waals surface area (Å²) in [7, 11) is 0. The van der Waals surface area contributed by atoms with Crippen LogP contribution in [0.3, 0.4) is 0 Å². The predicted molar refractivity (Wildman–Crippen MR) is 90.2 cm³/mol. The van der Waals surface area contributed by atoms with Crippen molar-refractivity contribution in [3.8, 4) is 0 Å². The van der Waals surface area contributed by atoms with Gasteiger partial charge in [-0.2, -0.15) is 0 Å². The Labute approximate surface area is 138 Å². The molecule has 4 unspecified atom stereocenters. The standard InChI is InChI=1S/C15H30BN3O4/c1-9(2)7-11(17)14(20)19-12-8-18-13(15(21)22)10(12)5-4-6-16(3)23/h9-13,18,23H,4-8,17H2,1-3H3,(H,19,20)(H,21,22). The fraction of sp³-hybridized carbons (Fsp3) is 0.867. The van der Waals surface area contributed by atoms with Gasteiger partial charge in [-0.1, -0.05) is 27.1 Å². The molecule has 0 aromatic rings. The molecule has 0 saturated carbocycles. The summed E-state index contributed by atoms with van der Waals surface area (Å²) >= 11 is 0. The van der Waals surface area contributed by atoms with Crippen LogP contribution < -0.4 is 16.4 Å². The van der Waals surface area contributed by atoms with Crippen LogP contribution in [0.25, 0.3) is 0 Å². The number of nitrogens with one attached hydrogen (secondary N) is 2. The molecule has 1 saturated heterocycles. The minimum atomic E-state index is -0.907. The van der Waals surface area contributed by atoms with Gasteiger partial charge in [0, 0.05) is 18.5 Å². The fourth-order valence-electron chi connectivity index (χ4n) is 3.14. The van der Waals surface area contributed by atoms with Crippen molar-refractivity contribution in [1.82, 2.24) is 10.6 Å². The van der Waals surface area contributed by atoms with Crippen molar-refractivity contribution in [1.29, 1.82) is 0 Å². The lowest BCUT2D eigenvalue weighted by Gasteiger charge is -2.24. The maximum absolute atomic E-state index is 12.2. The molecule has 132 valence electrons. The van der Waals surface area contributed by atoms with Crippen LogP contribution in [0.1, 0.15) is 33.1 Å². The third-order valence-corrected chi connectivity index (χ3v) is 4.32. The molecule has 7 nitrogen and oxygen atoms in total. The largest absolute Gasteiger partial charge is 0.480 e. The highest BCUT2D eigenvalue weighted by Crippen LogP contribution is 2.23. The lowest BCUT2D eigenvalue weighted by molar-refractivity contribution is -0.140. The third-order valence-electron chi connectivity index (χ3n) is 4.32. The first-order chi connectivity index (χ1) is 10.7. The minimum absolute atomic E-state index is 0.193. The number of amides is 1. The molecule has 1 amide bonds. The van der Waals surface area contributed by atoms with Crippen molar-refractivity contribution in [3.05, 3.63) is 0 Å². The average Bonchev–Trinajstić information content (AvgIpc) is 2.80. The highest BCUT2D eigenvalue weighted by Gasteiger charge is 2.40. The molecule has 0 bridgehead atoms. The van der Waals surface area contributed by atoms with Crippen LogP contribution in [0.2, 0.25) is 13.1 Å². The average molecular weight is 327 g/mol. The summed E-state index contributed by atoms with van der Waals surface area (Å²) in [5.41, 5.74) is 5.89. The maximum Gasteiger partial charge on any atom is 0.321 e. The van der Waals surface area contributed by atoms with Gasteiger partial charge in [0.2, 0.25) is 5.91 Å². The number of carbonyl (C=O) groups is 2. The van der Waals surface area contributed by atoms with Crippen LogP contribution in [-0.4, -0.2) is 53.6 Å². The van der Waals surface area contributed by atoms with Crippen LogP contribution in [0, 0.1) is 11.8 Å². The monoisotopic (exact) mass is 327 g/mol. The molecule has 4 atom stereocenters.